The van der Waals surface area contributed by atoms with E-state index in [0.717, 1.165) is 0 Å². The van der Waals surface area contributed by atoms with Gasteiger partial charge in [-0.15, -0.1) is 0 Å². The lowest BCUT2D eigenvalue weighted by atomic mass is 10.2. The number of hydrogen-bond acceptors (Lipinski definition) is 5. The molecule has 0 amide bonds. The van der Waals surface area contributed by atoms with E-state index in [2.05, 4.69) is 10.6 Å². The smallest absolute Gasteiger partial charge is 0.266 e. The number of likely N-dealkylation sites (N-methyl/N-ethyl adjacent to an activating group) is 2. The number of Topliss-reactive ketones (excluding diaryl/α,β-unsaturated/α-hetero) is 3. The van der Waals surface area contributed by atoms with Gasteiger partial charge in [0, 0.05) is 0 Å². The van der Waals surface area contributed by atoms with Crippen LogP contribution in [0.4, 0.5) is 0 Å². The fourth-order valence-electron chi connectivity index (χ4n) is 0.637. The highest BCUT2D eigenvalue weighted by molar-refractivity contribution is 6.64. The average Bonchev–Trinajstić information content (AvgIpc) is 2.04. The number of rotatable bonds is 6. The highest BCUT2D eigenvalue weighted by Crippen LogP contribution is 1.78. The molecule has 0 saturated heterocycles. The van der Waals surface area contributed by atoms with Crippen LogP contribution in [0.2, 0.25) is 0 Å². The maximum absolute atomic E-state index is 10.8. The van der Waals surface area contributed by atoms with E-state index in [0.29, 0.717) is 0 Å². The van der Waals surface area contributed by atoms with Crippen molar-refractivity contribution in [2.45, 2.75) is 0 Å². The fraction of sp³-hybridized carbons (Fsp3) is 0.571. The Hall–Kier alpha value is -1.07. The number of nitrogens with one attached hydrogen (secondary N) is 2. The molecule has 0 atom stereocenters. The van der Waals surface area contributed by atoms with Gasteiger partial charge in [0.15, 0.2) is 0 Å². The van der Waals surface area contributed by atoms with Crippen LogP contribution in [0.3, 0.4) is 0 Å². The van der Waals surface area contributed by atoms with E-state index in [-0.39, 0.29) is 13.1 Å². The van der Waals surface area contributed by atoms with Crippen molar-refractivity contribution in [1.82, 2.24) is 10.6 Å². The number of carbonyl (C=O) groups excluding carboxylic acids is 3. The van der Waals surface area contributed by atoms with E-state index in [1.807, 2.05) is 0 Å². The van der Waals surface area contributed by atoms with E-state index < -0.39 is 17.3 Å². The number of ketones is 3. The van der Waals surface area contributed by atoms with Crippen LogP contribution in [0.25, 0.3) is 0 Å². The minimum atomic E-state index is -0.946. The van der Waals surface area contributed by atoms with Crippen LogP contribution >= 0.6 is 0 Å². The summed E-state index contributed by atoms with van der Waals surface area (Å²) in [5.41, 5.74) is 0. The van der Waals surface area contributed by atoms with Gasteiger partial charge in [-0.25, -0.2) is 0 Å². The molecule has 0 bridgehead atoms. The van der Waals surface area contributed by atoms with Crippen molar-refractivity contribution < 1.29 is 14.4 Å². The van der Waals surface area contributed by atoms with Crippen molar-refractivity contribution in [1.29, 1.82) is 0 Å². The second kappa shape index (κ2) is 5.56. The minimum Gasteiger partial charge on any atom is -0.313 e. The molecular formula is C7H12N2O3. The van der Waals surface area contributed by atoms with E-state index in [4.69, 9.17) is 0 Å². The third kappa shape index (κ3) is 3.36. The molecule has 0 aromatic heterocycles. The summed E-state index contributed by atoms with van der Waals surface area (Å²) in [6.07, 6.45) is 0. The molecule has 0 unspecified atom stereocenters. The molecule has 68 valence electrons. The standard InChI is InChI=1S/C7H12N2O3/c1-8-3-5(10)7(12)6(11)4-9-2/h8-9H,3-4H2,1-2H3. The zero-order valence-electron chi connectivity index (χ0n) is 7.14. The first-order valence-electron chi connectivity index (χ1n) is 3.53. The number of carbonyl (C=O) groups is 3. The molecule has 2 N–H and O–H groups in total. The van der Waals surface area contributed by atoms with Crippen LogP contribution in [-0.2, 0) is 14.4 Å². The van der Waals surface area contributed by atoms with E-state index in [9.17, 15) is 14.4 Å². The molecule has 5 nitrogen and oxygen atoms in total. The summed E-state index contributed by atoms with van der Waals surface area (Å²) in [7, 11) is 3.07. The molecule has 0 aliphatic carbocycles. The lowest BCUT2D eigenvalue weighted by Crippen LogP contribution is -2.35. The van der Waals surface area contributed by atoms with Crippen molar-refractivity contribution in [2.24, 2.45) is 0 Å². The van der Waals surface area contributed by atoms with Crippen LogP contribution < -0.4 is 10.6 Å². The van der Waals surface area contributed by atoms with Crippen molar-refractivity contribution in [3.63, 3.8) is 0 Å². The third-order valence-electron chi connectivity index (χ3n) is 1.18. The van der Waals surface area contributed by atoms with Gasteiger partial charge in [0.2, 0.25) is 11.6 Å². The predicted molar refractivity (Wildman–Crippen MR) is 42.9 cm³/mol. The summed E-state index contributed by atoms with van der Waals surface area (Å²) in [5.74, 6) is -2.34. The number of hydrogen-bond donors (Lipinski definition) is 2. The molecule has 0 saturated carbocycles. The zero-order valence-corrected chi connectivity index (χ0v) is 7.14. The second-order valence-electron chi connectivity index (χ2n) is 2.24. The van der Waals surface area contributed by atoms with E-state index >= 15 is 0 Å². The lowest BCUT2D eigenvalue weighted by Gasteiger charge is -1.97. The van der Waals surface area contributed by atoms with Crippen molar-refractivity contribution in [3.8, 4) is 0 Å². The van der Waals surface area contributed by atoms with Crippen molar-refractivity contribution in [3.05, 3.63) is 0 Å². The van der Waals surface area contributed by atoms with E-state index in [1.54, 1.807) is 0 Å². The van der Waals surface area contributed by atoms with Crippen LogP contribution in [0.1, 0.15) is 0 Å². The normalized spacial score (nSPS) is 9.50. The van der Waals surface area contributed by atoms with Crippen LogP contribution in [0.15, 0.2) is 0 Å². The predicted octanol–water partition coefficient (Wildman–Crippen LogP) is -1.87. The lowest BCUT2D eigenvalue weighted by molar-refractivity contribution is -0.143. The summed E-state index contributed by atoms with van der Waals surface area (Å²) < 4.78 is 0. The van der Waals surface area contributed by atoms with Crippen molar-refractivity contribution >= 4 is 17.3 Å². The summed E-state index contributed by atoms with van der Waals surface area (Å²) in [6.45, 7) is -0.178. The van der Waals surface area contributed by atoms with Gasteiger partial charge in [0.1, 0.15) is 0 Å². The Labute approximate surface area is 70.5 Å². The zero-order chi connectivity index (χ0) is 9.56. The SMILES string of the molecule is CNCC(=O)C(=O)C(=O)CNC. The molecule has 0 aliphatic heterocycles. The molecule has 0 rings (SSSR count). The van der Waals surface area contributed by atoms with Gasteiger partial charge in [-0.3, -0.25) is 14.4 Å². The minimum absolute atomic E-state index is 0.0890. The maximum Gasteiger partial charge on any atom is 0.266 e. The van der Waals surface area contributed by atoms with Gasteiger partial charge in [-0.2, -0.15) is 0 Å². The Morgan fingerprint density at radius 2 is 1.25 bits per heavy atom. The Bertz CT molecular complexity index is 181. The first-order valence-corrected chi connectivity index (χ1v) is 3.53. The maximum atomic E-state index is 10.8. The van der Waals surface area contributed by atoms with Crippen LogP contribution in [0.5, 0.6) is 0 Å². The Balaban J connectivity index is 4.01. The molecule has 0 fully saturated rings. The summed E-state index contributed by atoms with van der Waals surface area (Å²) in [5, 5.41) is 5.00. The van der Waals surface area contributed by atoms with Gasteiger partial charge in [-0.1, -0.05) is 0 Å². The summed E-state index contributed by atoms with van der Waals surface area (Å²) in [4.78, 5) is 32.4. The van der Waals surface area contributed by atoms with Gasteiger partial charge in [0.05, 0.1) is 13.1 Å². The highest BCUT2D eigenvalue weighted by Gasteiger charge is 2.20. The molecule has 5 heteroatoms. The first-order chi connectivity index (χ1) is 5.63. The van der Waals surface area contributed by atoms with Crippen LogP contribution in [0, 0.1) is 0 Å². The monoisotopic (exact) mass is 172 g/mol. The third-order valence-corrected chi connectivity index (χ3v) is 1.18. The summed E-state index contributed by atoms with van der Waals surface area (Å²) >= 11 is 0. The van der Waals surface area contributed by atoms with Gasteiger partial charge in [0.25, 0.3) is 5.78 Å². The largest absolute Gasteiger partial charge is 0.313 e. The molecular weight excluding hydrogens is 160 g/mol. The fourth-order valence-corrected chi connectivity index (χ4v) is 0.637. The molecule has 0 aromatic carbocycles. The topological polar surface area (TPSA) is 75.3 Å². The molecule has 0 spiro atoms. The van der Waals surface area contributed by atoms with Crippen molar-refractivity contribution in [2.75, 3.05) is 27.2 Å². The Morgan fingerprint density at radius 1 is 0.917 bits per heavy atom. The first kappa shape index (κ1) is 10.9. The average molecular weight is 172 g/mol. The molecule has 0 heterocycles. The molecule has 0 aromatic rings. The quantitative estimate of drug-likeness (QED) is 0.363. The van der Waals surface area contributed by atoms with Gasteiger partial charge in [-0.05, 0) is 14.1 Å². The summed E-state index contributed by atoms with van der Waals surface area (Å²) in [6, 6.07) is 0. The highest BCUT2D eigenvalue weighted by atomic mass is 16.2. The Morgan fingerprint density at radius 3 is 1.50 bits per heavy atom. The van der Waals surface area contributed by atoms with E-state index in [1.165, 1.54) is 14.1 Å². The van der Waals surface area contributed by atoms with Gasteiger partial charge >= 0.3 is 0 Å². The Kier molecular flexibility index (Phi) is 5.07. The van der Waals surface area contributed by atoms with Crippen LogP contribution in [-0.4, -0.2) is 44.5 Å². The second-order valence-corrected chi connectivity index (χ2v) is 2.24. The van der Waals surface area contributed by atoms with Gasteiger partial charge < -0.3 is 10.6 Å². The molecule has 0 aliphatic rings. The molecule has 0 radical (unpaired) electrons. The molecule has 12 heavy (non-hydrogen) atoms.